The highest BCUT2D eigenvalue weighted by Gasteiger charge is 2.32. The molecule has 1 saturated carbocycles. The van der Waals surface area contributed by atoms with Crippen LogP contribution in [0.2, 0.25) is 0 Å². The highest BCUT2D eigenvalue weighted by molar-refractivity contribution is 7.07. The first-order valence-corrected chi connectivity index (χ1v) is 8.12. The first kappa shape index (κ1) is 13.6. The Bertz CT molecular complexity index is 521. The minimum absolute atomic E-state index is 0.562. The zero-order chi connectivity index (χ0) is 13.8. The van der Waals surface area contributed by atoms with Gasteiger partial charge in [-0.1, -0.05) is 12.0 Å². The molecule has 0 bridgehead atoms. The van der Waals surface area contributed by atoms with E-state index in [1.165, 1.54) is 18.4 Å². The Kier molecular flexibility index (Phi) is 4.32. The third-order valence-electron chi connectivity index (χ3n) is 3.33. The topological polar surface area (TPSA) is 54.2 Å². The van der Waals surface area contributed by atoms with E-state index < -0.39 is 0 Å². The number of hydrogen-bond donors (Lipinski definition) is 1. The lowest BCUT2D eigenvalue weighted by atomic mass is 10.3. The second-order valence-corrected chi connectivity index (χ2v) is 5.93. The summed E-state index contributed by atoms with van der Waals surface area (Å²) in [7, 11) is 0. The first-order chi connectivity index (χ1) is 9.86. The van der Waals surface area contributed by atoms with Crippen LogP contribution in [0.4, 0.5) is 6.01 Å². The van der Waals surface area contributed by atoms with Crippen LogP contribution in [-0.4, -0.2) is 22.8 Å². The summed E-state index contributed by atoms with van der Waals surface area (Å²) in [6.07, 6.45) is 3.54. The predicted molar refractivity (Wildman–Crippen MR) is 79.8 cm³/mol. The van der Waals surface area contributed by atoms with Gasteiger partial charge in [-0.25, -0.2) is 0 Å². The lowest BCUT2D eigenvalue weighted by molar-refractivity contribution is 0.458. The van der Waals surface area contributed by atoms with Crippen LogP contribution < -0.4 is 10.2 Å². The molecule has 0 amide bonds. The molecule has 20 heavy (non-hydrogen) atoms. The Balaban J connectivity index is 1.65. The molecule has 0 aliphatic heterocycles. The van der Waals surface area contributed by atoms with E-state index in [2.05, 4.69) is 44.2 Å². The normalized spacial score (nSPS) is 14.7. The molecule has 1 aliphatic rings. The zero-order valence-corrected chi connectivity index (χ0v) is 12.5. The van der Waals surface area contributed by atoms with Gasteiger partial charge in [-0.3, -0.25) is 0 Å². The number of hydrogen-bond acceptors (Lipinski definition) is 6. The summed E-state index contributed by atoms with van der Waals surface area (Å²) in [6, 6.07) is 3.37. The number of rotatable bonds is 8. The summed E-state index contributed by atoms with van der Waals surface area (Å²) >= 11 is 1.72. The Morgan fingerprint density at radius 1 is 1.45 bits per heavy atom. The van der Waals surface area contributed by atoms with E-state index in [0.29, 0.717) is 24.5 Å². The fraction of sp³-hybridized carbons (Fsp3) is 0.571. The van der Waals surface area contributed by atoms with Gasteiger partial charge in [0.05, 0.1) is 6.54 Å². The molecule has 1 N–H and O–H groups in total. The molecule has 0 atom stereocenters. The summed E-state index contributed by atoms with van der Waals surface area (Å²) in [4.78, 5) is 2.23. The van der Waals surface area contributed by atoms with Gasteiger partial charge in [0.1, 0.15) is 0 Å². The number of anilines is 1. The maximum atomic E-state index is 5.79. The van der Waals surface area contributed by atoms with Crippen LogP contribution in [0.15, 0.2) is 21.2 Å². The third-order valence-corrected chi connectivity index (χ3v) is 4.06. The molecule has 6 heteroatoms. The number of nitrogens with zero attached hydrogens (tertiary/aromatic N) is 3. The highest BCUT2D eigenvalue weighted by Crippen LogP contribution is 2.32. The predicted octanol–water partition coefficient (Wildman–Crippen LogP) is 2.80. The van der Waals surface area contributed by atoms with E-state index in [9.17, 15) is 0 Å². The van der Waals surface area contributed by atoms with Crippen molar-refractivity contribution >= 4 is 17.4 Å². The number of aromatic nitrogens is 2. The van der Waals surface area contributed by atoms with Gasteiger partial charge in [0, 0.05) is 12.6 Å². The van der Waals surface area contributed by atoms with Gasteiger partial charge in [0.25, 0.3) is 0 Å². The molecule has 2 aromatic heterocycles. The molecular formula is C14H20N4OS. The van der Waals surface area contributed by atoms with Crippen molar-refractivity contribution in [3.63, 3.8) is 0 Å². The molecule has 5 nitrogen and oxygen atoms in total. The molecule has 2 heterocycles. The molecule has 0 aromatic carbocycles. The van der Waals surface area contributed by atoms with Gasteiger partial charge < -0.3 is 14.6 Å². The SMILES string of the molecule is CCCNCc1nnc(N(Cc2ccsc2)C2CC2)o1. The zero-order valence-electron chi connectivity index (χ0n) is 11.7. The van der Waals surface area contributed by atoms with Gasteiger partial charge in [-0.2, -0.15) is 11.3 Å². The van der Waals surface area contributed by atoms with E-state index in [0.717, 1.165) is 19.5 Å². The van der Waals surface area contributed by atoms with Crippen LogP contribution in [0, 0.1) is 0 Å². The summed E-state index contributed by atoms with van der Waals surface area (Å²) < 4.78 is 5.79. The minimum atomic E-state index is 0.562. The van der Waals surface area contributed by atoms with Crippen molar-refractivity contribution in [3.8, 4) is 0 Å². The largest absolute Gasteiger partial charge is 0.407 e. The Labute approximate surface area is 123 Å². The molecule has 0 spiro atoms. The van der Waals surface area contributed by atoms with Gasteiger partial charge in [-0.15, -0.1) is 5.10 Å². The van der Waals surface area contributed by atoms with Crippen LogP contribution >= 0.6 is 11.3 Å². The van der Waals surface area contributed by atoms with Crippen LogP contribution in [0.25, 0.3) is 0 Å². The van der Waals surface area contributed by atoms with E-state index in [1.54, 1.807) is 11.3 Å². The smallest absolute Gasteiger partial charge is 0.318 e. The molecule has 2 aromatic rings. The second kappa shape index (κ2) is 6.37. The van der Waals surface area contributed by atoms with Crippen LogP contribution in [0.1, 0.15) is 37.6 Å². The van der Waals surface area contributed by atoms with Crippen molar-refractivity contribution in [2.24, 2.45) is 0 Å². The van der Waals surface area contributed by atoms with E-state index in [4.69, 9.17) is 4.42 Å². The molecule has 0 radical (unpaired) electrons. The third kappa shape index (κ3) is 3.37. The molecule has 3 rings (SSSR count). The second-order valence-electron chi connectivity index (χ2n) is 5.15. The number of thiophene rings is 1. The standard InChI is InChI=1S/C14H20N4OS/c1-2-6-15-8-13-16-17-14(19-13)18(12-3-4-12)9-11-5-7-20-10-11/h5,7,10,12,15H,2-4,6,8-9H2,1H3. The monoisotopic (exact) mass is 292 g/mol. The number of nitrogens with one attached hydrogen (secondary N) is 1. The van der Waals surface area contributed by atoms with E-state index >= 15 is 0 Å². The van der Waals surface area contributed by atoms with Crippen LogP contribution in [0.5, 0.6) is 0 Å². The maximum Gasteiger partial charge on any atom is 0.318 e. The van der Waals surface area contributed by atoms with Crippen molar-refractivity contribution in [3.05, 3.63) is 28.3 Å². The van der Waals surface area contributed by atoms with Gasteiger partial charge in [0.15, 0.2) is 0 Å². The van der Waals surface area contributed by atoms with Crippen molar-refractivity contribution in [1.82, 2.24) is 15.5 Å². The average molecular weight is 292 g/mol. The molecular weight excluding hydrogens is 272 g/mol. The first-order valence-electron chi connectivity index (χ1n) is 7.17. The van der Waals surface area contributed by atoms with Crippen LogP contribution in [0.3, 0.4) is 0 Å². The molecule has 1 aliphatic carbocycles. The highest BCUT2D eigenvalue weighted by atomic mass is 32.1. The summed E-state index contributed by atoms with van der Waals surface area (Å²) in [6.45, 7) is 4.62. The molecule has 0 saturated heterocycles. The van der Waals surface area contributed by atoms with Crippen LogP contribution in [-0.2, 0) is 13.1 Å². The lowest BCUT2D eigenvalue weighted by Gasteiger charge is -2.18. The van der Waals surface area contributed by atoms with E-state index in [-0.39, 0.29) is 0 Å². The quantitative estimate of drug-likeness (QED) is 0.758. The Morgan fingerprint density at radius 3 is 3.05 bits per heavy atom. The average Bonchev–Trinajstić information content (AvgIpc) is 2.98. The minimum Gasteiger partial charge on any atom is -0.407 e. The van der Waals surface area contributed by atoms with Crippen molar-refractivity contribution in [1.29, 1.82) is 0 Å². The Hall–Kier alpha value is -1.40. The maximum absolute atomic E-state index is 5.79. The Morgan fingerprint density at radius 2 is 2.35 bits per heavy atom. The van der Waals surface area contributed by atoms with Crippen molar-refractivity contribution in [2.75, 3.05) is 11.4 Å². The fourth-order valence-corrected chi connectivity index (χ4v) is 2.78. The summed E-state index contributed by atoms with van der Waals surface area (Å²) in [5.41, 5.74) is 1.31. The fourth-order valence-electron chi connectivity index (χ4n) is 2.12. The molecule has 0 unspecified atom stereocenters. The van der Waals surface area contributed by atoms with Gasteiger partial charge >= 0.3 is 6.01 Å². The van der Waals surface area contributed by atoms with Gasteiger partial charge in [0.2, 0.25) is 5.89 Å². The summed E-state index contributed by atoms with van der Waals surface area (Å²) in [5.74, 6) is 0.671. The molecule has 1 fully saturated rings. The van der Waals surface area contributed by atoms with Crippen molar-refractivity contribution < 1.29 is 4.42 Å². The van der Waals surface area contributed by atoms with Crippen molar-refractivity contribution in [2.45, 2.75) is 45.3 Å². The lowest BCUT2D eigenvalue weighted by Crippen LogP contribution is -2.25. The van der Waals surface area contributed by atoms with Gasteiger partial charge in [-0.05, 0) is 48.2 Å². The summed E-state index contributed by atoms with van der Waals surface area (Å²) in [5, 5.41) is 15.9. The van der Waals surface area contributed by atoms with E-state index in [1.807, 2.05) is 0 Å². The molecule has 108 valence electrons.